The van der Waals surface area contributed by atoms with Crippen LogP contribution in [0, 0.1) is 12.7 Å². The van der Waals surface area contributed by atoms with Crippen LogP contribution in [0.25, 0.3) is 0 Å². The minimum atomic E-state index is -4.03. The van der Waals surface area contributed by atoms with E-state index in [9.17, 15) is 17.6 Å². The van der Waals surface area contributed by atoms with E-state index in [4.69, 9.17) is 4.42 Å². The first-order chi connectivity index (χ1) is 13.3. The van der Waals surface area contributed by atoms with Crippen LogP contribution in [0.1, 0.15) is 17.7 Å². The van der Waals surface area contributed by atoms with E-state index in [0.717, 1.165) is 0 Å². The van der Waals surface area contributed by atoms with Crippen LogP contribution < -0.4 is 10.0 Å². The molecule has 0 aliphatic heterocycles. The Morgan fingerprint density at radius 2 is 1.89 bits per heavy atom. The highest BCUT2D eigenvalue weighted by atomic mass is 32.2. The fourth-order valence-electron chi connectivity index (χ4n) is 2.63. The summed E-state index contributed by atoms with van der Waals surface area (Å²) in [6.07, 6.45) is 2.16. The van der Waals surface area contributed by atoms with E-state index >= 15 is 0 Å². The van der Waals surface area contributed by atoms with Gasteiger partial charge in [-0.05, 0) is 48.9 Å². The van der Waals surface area contributed by atoms with Crippen LogP contribution in [-0.2, 0) is 21.2 Å². The average molecular weight is 402 g/mol. The second kappa shape index (κ2) is 8.26. The van der Waals surface area contributed by atoms with Gasteiger partial charge in [0.05, 0.1) is 16.8 Å². The number of nitrogens with one attached hydrogen (secondary N) is 2. The molecular weight excluding hydrogens is 383 g/mol. The molecule has 28 heavy (non-hydrogen) atoms. The van der Waals surface area contributed by atoms with Gasteiger partial charge in [0.1, 0.15) is 11.6 Å². The molecule has 3 aromatic rings. The molecule has 0 fully saturated rings. The van der Waals surface area contributed by atoms with Gasteiger partial charge in [-0.1, -0.05) is 18.2 Å². The van der Waals surface area contributed by atoms with Crippen molar-refractivity contribution >= 4 is 27.3 Å². The van der Waals surface area contributed by atoms with Crippen LogP contribution in [0.15, 0.2) is 70.2 Å². The van der Waals surface area contributed by atoms with Crippen molar-refractivity contribution in [2.45, 2.75) is 24.7 Å². The minimum Gasteiger partial charge on any atom is -0.469 e. The van der Waals surface area contributed by atoms with Crippen molar-refractivity contribution in [3.63, 3.8) is 0 Å². The maximum atomic E-state index is 13.8. The highest BCUT2D eigenvalue weighted by Gasteiger charge is 2.19. The third-order valence-electron chi connectivity index (χ3n) is 4.06. The molecule has 146 valence electrons. The van der Waals surface area contributed by atoms with Crippen molar-refractivity contribution in [1.82, 2.24) is 0 Å². The average Bonchev–Trinajstić information content (AvgIpc) is 3.17. The number of rotatable bonds is 7. The second-order valence-electron chi connectivity index (χ2n) is 6.19. The Bertz CT molecular complexity index is 1080. The van der Waals surface area contributed by atoms with Crippen molar-refractivity contribution < 1.29 is 22.0 Å². The number of furan rings is 1. The summed E-state index contributed by atoms with van der Waals surface area (Å²) in [6, 6.07) is 13.6. The van der Waals surface area contributed by atoms with Gasteiger partial charge in [-0.25, -0.2) is 12.8 Å². The van der Waals surface area contributed by atoms with E-state index in [1.54, 1.807) is 31.2 Å². The molecule has 1 aromatic heterocycles. The van der Waals surface area contributed by atoms with Gasteiger partial charge in [-0.3, -0.25) is 9.52 Å². The summed E-state index contributed by atoms with van der Waals surface area (Å²) in [5.41, 5.74) is 0.663. The number of carbonyl (C=O) groups is 1. The zero-order chi connectivity index (χ0) is 20.1. The minimum absolute atomic E-state index is 0.0420. The van der Waals surface area contributed by atoms with Gasteiger partial charge in [-0.2, -0.15) is 0 Å². The van der Waals surface area contributed by atoms with Gasteiger partial charge in [-0.15, -0.1) is 0 Å². The molecule has 1 amide bonds. The topological polar surface area (TPSA) is 88.4 Å². The molecular formula is C20H19FN2O4S. The van der Waals surface area contributed by atoms with Gasteiger partial charge < -0.3 is 9.73 Å². The Hall–Kier alpha value is -3.13. The lowest BCUT2D eigenvalue weighted by atomic mass is 10.2. The molecule has 2 N–H and O–H groups in total. The quantitative estimate of drug-likeness (QED) is 0.623. The van der Waals surface area contributed by atoms with Crippen LogP contribution in [0.3, 0.4) is 0 Å². The van der Waals surface area contributed by atoms with Crippen molar-refractivity contribution in [3.8, 4) is 0 Å². The number of benzene rings is 2. The standard InChI is InChI=1S/C20H19FN2O4S/c1-14-8-9-15(22-20(24)11-10-16-5-4-12-27-16)13-19(14)28(25,26)23-18-7-3-2-6-17(18)21/h2-9,12-13,23H,10-11H2,1H3,(H,22,24). The first-order valence-electron chi connectivity index (χ1n) is 8.55. The van der Waals surface area contributed by atoms with Gasteiger partial charge in [0, 0.05) is 18.5 Å². The summed E-state index contributed by atoms with van der Waals surface area (Å²) in [5.74, 6) is -0.256. The Labute approximate surface area is 162 Å². The number of amides is 1. The lowest BCUT2D eigenvalue weighted by Crippen LogP contribution is -2.17. The van der Waals surface area contributed by atoms with Crippen molar-refractivity contribution in [1.29, 1.82) is 0 Å². The lowest BCUT2D eigenvalue weighted by molar-refractivity contribution is -0.116. The molecule has 0 atom stereocenters. The number of sulfonamides is 1. The van der Waals surface area contributed by atoms with Crippen LogP contribution in [0.2, 0.25) is 0 Å². The summed E-state index contributed by atoms with van der Waals surface area (Å²) in [4.78, 5) is 12.1. The van der Waals surface area contributed by atoms with E-state index in [1.165, 1.54) is 36.6 Å². The molecule has 1 heterocycles. The molecule has 2 aromatic carbocycles. The highest BCUT2D eigenvalue weighted by molar-refractivity contribution is 7.92. The molecule has 3 rings (SSSR count). The Morgan fingerprint density at radius 1 is 1.11 bits per heavy atom. The molecule has 0 unspecified atom stereocenters. The first-order valence-corrected chi connectivity index (χ1v) is 10.0. The Balaban J connectivity index is 1.75. The van der Waals surface area contributed by atoms with Crippen molar-refractivity contribution in [2.24, 2.45) is 0 Å². The first kappa shape index (κ1) is 19.6. The van der Waals surface area contributed by atoms with Crippen LogP contribution in [-0.4, -0.2) is 14.3 Å². The van der Waals surface area contributed by atoms with Crippen molar-refractivity contribution in [3.05, 3.63) is 78.0 Å². The van der Waals surface area contributed by atoms with Gasteiger partial charge >= 0.3 is 0 Å². The normalized spacial score (nSPS) is 11.2. The van der Waals surface area contributed by atoms with Crippen molar-refractivity contribution in [2.75, 3.05) is 10.0 Å². The Kier molecular flexibility index (Phi) is 5.79. The van der Waals surface area contributed by atoms with E-state index in [2.05, 4.69) is 10.0 Å². The summed E-state index contributed by atoms with van der Waals surface area (Å²) in [5, 5.41) is 2.67. The molecule has 0 aliphatic carbocycles. The molecule has 8 heteroatoms. The van der Waals surface area contributed by atoms with E-state index < -0.39 is 15.8 Å². The van der Waals surface area contributed by atoms with Gasteiger partial charge in [0.25, 0.3) is 10.0 Å². The monoisotopic (exact) mass is 402 g/mol. The SMILES string of the molecule is Cc1ccc(NC(=O)CCc2ccco2)cc1S(=O)(=O)Nc1ccccc1F. The molecule has 0 saturated heterocycles. The molecule has 6 nitrogen and oxygen atoms in total. The summed E-state index contributed by atoms with van der Waals surface area (Å²) in [7, 11) is -4.03. The fourth-order valence-corrected chi connectivity index (χ4v) is 3.97. The summed E-state index contributed by atoms with van der Waals surface area (Å²) < 4.78 is 46.6. The zero-order valence-corrected chi connectivity index (χ0v) is 15.9. The summed E-state index contributed by atoms with van der Waals surface area (Å²) >= 11 is 0. The third-order valence-corrected chi connectivity index (χ3v) is 5.57. The smallest absolute Gasteiger partial charge is 0.262 e. The van der Waals surface area contributed by atoms with Gasteiger partial charge in [0.15, 0.2) is 0 Å². The van der Waals surface area contributed by atoms with Gasteiger partial charge in [0.2, 0.25) is 5.91 Å². The largest absolute Gasteiger partial charge is 0.469 e. The molecule has 0 spiro atoms. The molecule has 0 radical (unpaired) electrons. The summed E-state index contributed by atoms with van der Waals surface area (Å²) in [6.45, 7) is 1.62. The number of halogens is 1. The van der Waals surface area contributed by atoms with Crippen LogP contribution in [0.4, 0.5) is 15.8 Å². The van der Waals surface area contributed by atoms with E-state index in [-0.39, 0.29) is 22.9 Å². The van der Waals surface area contributed by atoms with E-state index in [1.807, 2.05) is 0 Å². The number of hydrogen-bond acceptors (Lipinski definition) is 4. The zero-order valence-electron chi connectivity index (χ0n) is 15.1. The predicted octanol–water partition coefficient (Wildman–Crippen LogP) is 4.10. The molecule has 0 saturated carbocycles. The second-order valence-corrected chi connectivity index (χ2v) is 7.84. The molecule has 0 aliphatic rings. The van der Waals surface area contributed by atoms with Crippen LogP contribution in [0.5, 0.6) is 0 Å². The number of aryl methyl sites for hydroxylation is 2. The fraction of sp³-hybridized carbons (Fsp3) is 0.150. The predicted molar refractivity (Wildman–Crippen MR) is 104 cm³/mol. The van der Waals surface area contributed by atoms with E-state index in [0.29, 0.717) is 23.4 Å². The number of hydrogen-bond donors (Lipinski definition) is 2. The number of para-hydroxylation sites is 1. The highest BCUT2D eigenvalue weighted by Crippen LogP contribution is 2.24. The van der Waals surface area contributed by atoms with Crippen LogP contribution >= 0.6 is 0 Å². The maximum absolute atomic E-state index is 13.8. The third kappa shape index (κ3) is 4.77. The number of anilines is 2. The maximum Gasteiger partial charge on any atom is 0.262 e. The number of carbonyl (C=O) groups excluding carboxylic acids is 1. The lowest BCUT2D eigenvalue weighted by Gasteiger charge is -2.13. The molecule has 0 bridgehead atoms. The Morgan fingerprint density at radius 3 is 2.61 bits per heavy atom.